The summed E-state index contributed by atoms with van der Waals surface area (Å²) in [5, 5.41) is 0. The summed E-state index contributed by atoms with van der Waals surface area (Å²) in [4.78, 5) is 16.8. The molecule has 1 amide bonds. The molecule has 2 aliphatic rings. The molecule has 2 N–H and O–H groups in total. The van der Waals surface area contributed by atoms with Crippen LogP contribution in [0, 0.1) is 0 Å². The lowest BCUT2D eigenvalue weighted by Gasteiger charge is -2.25. The maximum absolute atomic E-state index is 12.5. The van der Waals surface area contributed by atoms with Crippen LogP contribution in [0.25, 0.3) is 0 Å². The highest BCUT2D eigenvalue weighted by Gasteiger charge is 2.34. The maximum Gasteiger partial charge on any atom is 0.242 e. The summed E-state index contributed by atoms with van der Waals surface area (Å²) < 4.78 is 0. The van der Waals surface area contributed by atoms with Gasteiger partial charge in [-0.25, -0.2) is 0 Å². The van der Waals surface area contributed by atoms with Gasteiger partial charge in [0.25, 0.3) is 0 Å². The number of amides is 1. The Hall–Kier alpha value is -1.55. The predicted octanol–water partition coefficient (Wildman–Crippen LogP) is 1.95. The first-order chi connectivity index (χ1) is 10.2. The molecule has 1 aromatic carbocycles. The van der Waals surface area contributed by atoms with Gasteiger partial charge < -0.3 is 15.5 Å². The number of para-hydroxylation sites is 1. The number of likely N-dealkylation sites (N-methyl/N-ethyl adjacent to an activating group) is 1. The van der Waals surface area contributed by atoms with Crippen LogP contribution < -0.4 is 10.6 Å². The van der Waals surface area contributed by atoms with Crippen LogP contribution in [-0.4, -0.2) is 43.0 Å². The number of carbonyl (C=O) groups is 1. The van der Waals surface area contributed by atoms with Crippen molar-refractivity contribution in [3.05, 3.63) is 29.8 Å². The Morgan fingerprint density at radius 3 is 2.81 bits per heavy atom. The number of anilines is 1. The maximum atomic E-state index is 12.5. The van der Waals surface area contributed by atoms with Crippen LogP contribution in [0.3, 0.4) is 0 Å². The van der Waals surface area contributed by atoms with E-state index in [9.17, 15) is 4.79 Å². The van der Waals surface area contributed by atoms with E-state index in [0.29, 0.717) is 25.0 Å². The van der Waals surface area contributed by atoms with Gasteiger partial charge in [-0.3, -0.25) is 4.79 Å². The van der Waals surface area contributed by atoms with Crippen molar-refractivity contribution in [3.8, 4) is 0 Å². The van der Waals surface area contributed by atoms with Gasteiger partial charge in [-0.2, -0.15) is 0 Å². The van der Waals surface area contributed by atoms with E-state index in [-0.39, 0.29) is 5.91 Å². The van der Waals surface area contributed by atoms with Gasteiger partial charge in [0.15, 0.2) is 0 Å². The fourth-order valence-electron chi connectivity index (χ4n) is 3.46. The number of nitrogens with two attached hydrogens (primary N) is 1. The van der Waals surface area contributed by atoms with E-state index >= 15 is 0 Å². The molecule has 1 saturated carbocycles. The molecule has 1 fully saturated rings. The quantitative estimate of drug-likeness (QED) is 0.870. The fraction of sp³-hybridized carbons (Fsp3) is 0.588. The van der Waals surface area contributed by atoms with Crippen LogP contribution in [0.4, 0.5) is 5.69 Å². The Morgan fingerprint density at radius 1 is 1.38 bits per heavy atom. The lowest BCUT2D eigenvalue weighted by molar-refractivity contribution is -0.130. The summed E-state index contributed by atoms with van der Waals surface area (Å²) in [5.41, 5.74) is 8.31. The molecule has 1 aliphatic heterocycles. The number of hydrogen-bond acceptors (Lipinski definition) is 3. The van der Waals surface area contributed by atoms with Crippen LogP contribution >= 0.6 is 0 Å². The number of rotatable bonds is 6. The Bertz CT molecular complexity index is 513. The number of carbonyl (C=O) groups excluding carboxylic acids is 1. The minimum Gasteiger partial charge on any atom is -0.361 e. The summed E-state index contributed by atoms with van der Waals surface area (Å²) in [6.45, 7) is 5.02. The van der Waals surface area contributed by atoms with Gasteiger partial charge in [0.2, 0.25) is 5.91 Å². The van der Waals surface area contributed by atoms with E-state index in [1.54, 1.807) is 0 Å². The Morgan fingerprint density at radius 2 is 2.14 bits per heavy atom. The zero-order valence-electron chi connectivity index (χ0n) is 12.8. The van der Waals surface area contributed by atoms with Crippen molar-refractivity contribution in [3.63, 3.8) is 0 Å². The van der Waals surface area contributed by atoms with E-state index in [4.69, 9.17) is 5.73 Å². The third kappa shape index (κ3) is 2.91. The minimum atomic E-state index is 0.267. The highest BCUT2D eigenvalue weighted by Crippen LogP contribution is 2.37. The second-order valence-corrected chi connectivity index (χ2v) is 6.12. The number of benzene rings is 1. The molecular weight excluding hydrogens is 262 g/mol. The molecule has 0 saturated heterocycles. The van der Waals surface area contributed by atoms with Gasteiger partial charge >= 0.3 is 0 Å². The van der Waals surface area contributed by atoms with Gasteiger partial charge in [-0.15, -0.1) is 0 Å². The van der Waals surface area contributed by atoms with Gasteiger partial charge in [-0.1, -0.05) is 18.2 Å². The first-order valence-electron chi connectivity index (χ1n) is 8.08. The van der Waals surface area contributed by atoms with Crippen molar-refractivity contribution in [2.45, 2.75) is 38.1 Å². The average Bonchev–Trinajstić information content (AvgIpc) is 3.26. The van der Waals surface area contributed by atoms with Crippen molar-refractivity contribution in [2.75, 3.05) is 31.1 Å². The predicted molar refractivity (Wildman–Crippen MR) is 85.5 cm³/mol. The lowest BCUT2D eigenvalue weighted by Crippen LogP contribution is -2.41. The molecule has 1 atom stereocenters. The zero-order valence-corrected chi connectivity index (χ0v) is 12.8. The molecule has 1 aromatic rings. The van der Waals surface area contributed by atoms with Crippen LogP contribution in [0.2, 0.25) is 0 Å². The SMILES string of the molecule is CCN(C(=O)CN1CC(CCN)c2ccccc21)C1CC1. The third-order valence-corrected chi connectivity index (χ3v) is 4.65. The Labute approximate surface area is 126 Å². The molecule has 3 rings (SSSR count). The topological polar surface area (TPSA) is 49.6 Å². The minimum absolute atomic E-state index is 0.267. The molecule has 1 heterocycles. The Kier molecular flexibility index (Phi) is 4.15. The van der Waals surface area contributed by atoms with Gasteiger partial charge in [0, 0.05) is 30.7 Å². The molecule has 0 aromatic heterocycles. The van der Waals surface area contributed by atoms with Crippen molar-refractivity contribution in [1.29, 1.82) is 0 Å². The number of nitrogens with zero attached hydrogens (tertiary/aromatic N) is 2. The van der Waals surface area contributed by atoms with Crippen molar-refractivity contribution >= 4 is 11.6 Å². The third-order valence-electron chi connectivity index (χ3n) is 4.65. The normalized spacial score (nSPS) is 20.5. The highest BCUT2D eigenvalue weighted by molar-refractivity contribution is 5.83. The largest absolute Gasteiger partial charge is 0.361 e. The van der Waals surface area contributed by atoms with E-state index in [2.05, 4.69) is 36.1 Å². The summed E-state index contributed by atoms with van der Waals surface area (Å²) in [6.07, 6.45) is 3.33. The van der Waals surface area contributed by atoms with E-state index in [1.807, 2.05) is 4.90 Å². The molecule has 1 aliphatic carbocycles. The number of hydrogen-bond donors (Lipinski definition) is 1. The van der Waals surface area contributed by atoms with Crippen LogP contribution in [0.1, 0.15) is 37.7 Å². The molecular formula is C17H25N3O. The highest BCUT2D eigenvalue weighted by atomic mass is 16.2. The Balaban J connectivity index is 1.72. The fourth-order valence-corrected chi connectivity index (χ4v) is 3.46. The summed E-state index contributed by atoms with van der Waals surface area (Å²) in [6, 6.07) is 8.95. The van der Waals surface area contributed by atoms with E-state index in [1.165, 1.54) is 24.1 Å². The molecule has 4 heteroatoms. The van der Waals surface area contributed by atoms with Gasteiger partial charge in [0.1, 0.15) is 0 Å². The molecule has 4 nitrogen and oxygen atoms in total. The smallest absolute Gasteiger partial charge is 0.242 e. The second-order valence-electron chi connectivity index (χ2n) is 6.12. The molecule has 114 valence electrons. The molecule has 0 bridgehead atoms. The summed E-state index contributed by atoms with van der Waals surface area (Å²) in [7, 11) is 0. The number of fused-ring (bicyclic) bond motifs is 1. The van der Waals surface area contributed by atoms with Crippen LogP contribution in [-0.2, 0) is 4.79 Å². The monoisotopic (exact) mass is 287 g/mol. The van der Waals surface area contributed by atoms with Gasteiger partial charge in [0.05, 0.1) is 6.54 Å². The molecule has 21 heavy (non-hydrogen) atoms. The van der Waals surface area contributed by atoms with E-state index < -0.39 is 0 Å². The first kappa shape index (κ1) is 14.4. The summed E-state index contributed by atoms with van der Waals surface area (Å²) >= 11 is 0. The molecule has 1 unspecified atom stereocenters. The lowest BCUT2D eigenvalue weighted by atomic mass is 9.98. The molecule has 0 spiro atoms. The first-order valence-corrected chi connectivity index (χ1v) is 8.08. The van der Waals surface area contributed by atoms with Gasteiger partial charge in [-0.05, 0) is 44.4 Å². The summed E-state index contributed by atoms with van der Waals surface area (Å²) in [5.74, 6) is 0.734. The second kappa shape index (κ2) is 6.06. The average molecular weight is 287 g/mol. The van der Waals surface area contributed by atoms with Crippen molar-refractivity contribution < 1.29 is 4.79 Å². The standard InChI is InChI=1S/C17H25N3O/c1-2-20(14-7-8-14)17(21)12-19-11-13(9-10-18)15-5-3-4-6-16(15)19/h3-6,13-14H,2,7-12,18H2,1H3. The zero-order chi connectivity index (χ0) is 14.8. The van der Waals surface area contributed by atoms with Crippen molar-refractivity contribution in [1.82, 2.24) is 4.90 Å². The van der Waals surface area contributed by atoms with E-state index in [0.717, 1.165) is 19.5 Å². The molecule has 0 radical (unpaired) electrons. The van der Waals surface area contributed by atoms with Crippen molar-refractivity contribution in [2.24, 2.45) is 5.73 Å². The van der Waals surface area contributed by atoms with Crippen LogP contribution in [0.5, 0.6) is 0 Å². The van der Waals surface area contributed by atoms with Crippen LogP contribution in [0.15, 0.2) is 24.3 Å².